The number of sulfone groups is 1. The zero-order chi connectivity index (χ0) is 14.0. The molecule has 100 valence electrons. The van der Waals surface area contributed by atoms with E-state index in [1.807, 2.05) is 0 Å². The van der Waals surface area contributed by atoms with Crippen molar-refractivity contribution in [1.82, 2.24) is 0 Å². The SMILES string of the molecule is O=S(=O)(c1ccc(Cl)c[n+]1[O-])C(Cl)c1ccccc1. The van der Waals surface area contributed by atoms with Crippen LogP contribution in [0.1, 0.15) is 10.3 Å². The molecule has 1 aromatic heterocycles. The van der Waals surface area contributed by atoms with Crippen LogP contribution in [0.3, 0.4) is 0 Å². The fourth-order valence-electron chi connectivity index (χ4n) is 1.55. The van der Waals surface area contributed by atoms with Gasteiger partial charge in [0.15, 0.2) is 10.9 Å². The van der Waals surface area contributed by atoms with Crippen LogP contribution in [-0.2, 0) is 9.84 Å². The van der Waals surface area contributed by atoms with Crippen molar-refractivity contribution in [2.45, 2.75) is 9.74 Å². The minimum Gasteiger partial charge on any atom is -0.618 e. The molecule has 0 saturated heterocycles. The summed E-state index contributed by atoms with van der Waals surface area (Å²) in [6.45, 7) is 0. The van der Waals surface area contributed by atoms with Crippen molar-refractivity contribution in [3.05, 3.63) is 64.5 Å². The van der Waals surface area contributed by atoms with Gasteiger partial charge in [-0.05, 0) is 11.6 Å². The number of nitrogens with zero attached hydrogens (tertiary/aromatic N) is 1. The van der Waals surface area contributed by atoms with Gasteiger partial charge in [0, 0.05) is 6.07 Å². The van der Waals surface area contributed by atoms with Gasteiger partial charge in [0.25, 0.3) is 9.84 Å². The Hall–Kier alpha value is -1.30. The maximum Gasteiger partial charge on any atom is 0.310 e. The van der Waals surface area contributed by atoms with Crippen LogP contribution in [0.4, 0.5) is 0 Å². The molecular formula is C12H9Cl2NO3S. The molecule has 0 fully saturated rings. The summed E-state index contributed by atoms with van der Waals surface area (Å²) in [5, 5.41) is 11.3. The number of alkyl halides is 1. The van der Waals surface area contributed by atoms with Gasteiger partial charge in [-0.25, -0.2) is 8.42 Å². The largest absolute Gasteiger partial charge is 0.618 e. The molecule has 1 unspecified atom stereocenters. The summed E-state index contributed by atoms with van der Waals surface area (Å²) in [5.41, 5.74) is 0.402. The number of halogens is 2. The Bertz CT molecular complexity index is 689. The second kappa shape index (κ2) is 5.36. The highest BCUT2D eigenvalue weighted by atomic mass is 35.5. The quantitative estimate of drug-likeness (QED) is 0.496. The van der Waals surface area contributed by atoms with Crippen molar-refractivity contribution in [2.24, 2.45) is 0 Å². The van der Waals surface area contributed by atoms with E-state index < -0.39 is 19.6 Å². The fraction of sp³-hybridized carbons (Fsp3) is 0.0833. The summed E-state index contributed by atoms with van der Waals surface area (Å²) >= 11 is 11.6. The standard InChI is InChI=1S/C12H9Cl2NO3S/c13-10-6-7-11(15(16)8-10)19(17,18)12(14)9-4-2-1-3-5-9/h1-8,12H. The third-order valence-electron chi connectivity index (χ3n) is 2.47. The zero-order valence-electron chi connectivity index (χ0n) is 9.53. The molecule has 4 nitrogen and oxygen atoms in total. The Labute approximate surface area is 120 Å². The van der Waals surface area contributed by atoms with Crippen molar-refractivity contribution in [3.63, 3.8) is 0 Å². The molecule has 0 bridgehead atoms. The van der Waals surface area contributed by atoms with Crippen LogP contribution in [-0.4, -0.2) is 8.42 Å². The second-order valence-corrected chi connectivity index (χ2v) is 6.89. The molecule has 0 amide bonds. The molecular weight excluding hydrogens is 309 g/mol. The zero-order valence-corrected chi connectivity index (χ0v) is 11.9. The summed E-state index contributed by atoms with van der Waals surface area (Å²) in [6.07, 6.45) is 0.975. The Morgan fingerprint density at radius 1 is 1.11 bits per heavy atom. The first-order chi connectivity index (χ1) is 8.93. The van der Waals surface area contributed by atoms with Gasteiger partial charge in [-0.1, -0.05) is 53.5 Å². The Balaban J connectivity index is 2.48. The molecule has 0 radical (unpaired) electrons. The van der Waals surface area contributed by atoms with Crippen LogP contribution in [0.2, 0.25) is 5.02 Å². The molecule has 0 saturated carbocycles. The van der Waals surface area contributed by atoms with E-state index in [4.69, 9.17) is 23.2 Å². The van der Waals surface area contributed by atoms with Crippen molar-refractivity contribution in [3.8, 4) is 0 Å². The molecule has 0 aliphatic rings. The van der Waals surface area contributed by atoms with Crippen LogP contribution in [0.5, 0.6) is 0 Å². The molecule has 19 heavy (non-hydrogen) atoms. The van der Waals surface area contributed by atoms with Crippen LogP contribution in [0.15, 0.2) is 53.7 Å². The van der Waals surface area contributed by atoms with Crippen molar-refractivity contribution in [1.29, 1.82) is 0 Å². The minimum absolute atomic E-state index is 0.153. The van der Waals surface area contributed by atoms with E-state index in [0.29, 0.717) is 5.56 Å². The molecule has 1 aromatic carbocycles. The third-order valence-corrected chi connectivity index (χ3v) is 5.36. The average molecular weight is 318 g/mol. The van der Waals surface area contributed by atoms with Gasteiger partial charge in [-0.2, -0.15) is 4.73 Å². The van der Waals surface area contributed by atoms with E-state index in [1.54, 1.807) is 30.3 Å². The van der Waals surface area contributed by atoms with E-state index in [9.17, 15) is 13.6 Å². The van der Waals surface area contributed by atoms with Crippen molar-refractivity contribution in [2.75, 3.05) is 0 Å². The Morgan fingerprint density at radius 3 is 2.32 bits per heavy atom. The number of hydrogen-bond donors (Lipinski definition) is 0. The lowest BCUT2D eigenvalue weighted by atomic mass is 10.2. The smallest absolute Gasteiger partial charge is 0.310 e. The molecule has 0 aliphatic heterocycles. The summed E-state index contributed by atoms with van der Waals surface area (Å²) in [6, 6.07) is 10.7. The molecule has 0 N–H and O–H groups in total. The molecule has 1 atom stereocenters. The highest BCUT2D eigenvalue weighted by molar-refractivity contribution is 7.92. The number of aromatic nitrogens is 1. The predicted molar refractivity (Wildman–Crippen MR) is 72.6 cm³/mol. The first-order valence-corrected chi connectivity index (χ1v) is 7.60. The topological polar surface area (TPSA) is 61.1 Å². The van der Waals surface area contributed by atoms with E-state index in [1.165, 1.54) is 6.07 Å². The molecule has 2 rings (SSSR count). The second-order valence-electron chi connectivity index (χ2n) is 3.78. The van der Waals surface area contributed by atoms with Crippen molar-refractivity contribution >= 4 is 33.0 Å². The van der Waals surface area contributed by atoms with Crippen LogP contribution >= 0.6 is 23.2 Å². The lowest BCUT2D eigenvalue weighted by molar-refractivity contribution is -0.646. The highest BCUT2D eigenvalue weighted by Gasteiger charge is 2.33. The van der Waals surface area contributed by atoms with E-state index in [-0.39, 0.29) is 9.75 Å². The number of pyridine rings is 1. The maximum atomic E-state index is 12.3. The van der Waals surface area contributed by atoms with E-state index in [0.717, 1.165) is 12.3 Å². The number of hydrogen-bond acceptors (Lipinski definition) is 3. The Morgan fingerprint density at radius 2 is 1.74 bits per heavy atom. The first kappa shape index (κ1) is 14.1. The molecule has 2 aromatic rings. The van der Waals surface area contributed by atoms with E-state index in [2.05, 4.69) is 0 Å². The lowest BCUT2D eigenvalue weighted by Crippen LogP contribution is -2.34. The van der Waals surface area contributed by atoms with Gasteiger partial charge in [0.05, 0.1) is 0 Å². The molecule has 0 spiro atoms. The summed E-state index contributed by atoms with van der Waals surface area (Å²) in [5.74, 6) is 0. The monoisotopic (exact) mass is 317 g/mol. The summed E-state index contributed by atoms with van der Waals surface area (Å²) in [4.78, 5) is 0. The van der Waals surface area contributed by atoms with Gasteiger partial charge < -0.3 is 5.21 Å². The van der Waals surface area contributed by atoms with E-state index >= 15 is 0 Å². The highest BCUT2D eigenvalue weighted by Crippen LogP contribution is 2.30. The van der Waals surface area contributed by atoms with Gasteiger partial charge >= 0.3 is 5.03 Å². The van der Waals surface area contributed by atoms with Gasteiger partial charge in [-0.3, -0.25) is 0 Å². The van der Waals surface area contributed by atoms with Gasteiger partial charge in [0.2, 0.25) is 0 Å². The first-order valence-electron chi connectivity index (χ1n) is 5.24. The maximum absolute atomic E-state index is 12.3. The molecule has 7 heteroatoms. The minimum atomic E-state index is -3.98. The predicted octanol–water partition coefficient (Wildman–Crippen LogP) is 2.68. The third kappa shape index (κ3) is 2.83. The van der Waals surface area contributed by atoms with Crippen LogP contribution < -0.4 is 4.73 Å². The van der Waals surface area contributed by atoms with Crippen LogP contribution in [0, 0.1) is 5.21 Å². The number of rotatable bonds is 3. The average Bonchev–Trinajstić information content (AvgIpc) is 2.38. The van der Waals surface area contributed by atoms with Crippen molar-refractivity contribution < 1.29 is 13.1 Å². The lowest BCUT2D eigenvalue weighted by Gasteiger charge is -2.11. The fourth-order valence-corrected chi connectivity index (χ4v) is 3.41. The summed E-state index contributed by atoms with van der Waals surface area (Å²) in [7, 11) is -3.98. The molecule has 0 aliphatic carbocycles. The molecule has 1 heterocycles. The van der Waals surface area contributed by atoms with Crippen LogP contribution in [0.25, 0.3) is 0 Å². The summed E-state index contributed by atoms with van der Waals surface area (Å²) < 4.78 is 23.4. The Kier molecular flexibility index (Phi) is 3.99. The number of benzene rings is 1. The normalized spacial score (nSPS) is 13.2. The van der Waals surface area contributed by atoms with Gasteiger partial charge in [0.1, 0.15) is 5.02 Å². The van der Waals surface area contributed by atoms with Gasteiger partial charge in [-0.15, -0.1) is 0 Å².